The summed E-state index contributed by atoms with van der Waals surface area (Å²) in [7, 11) is 0. The van der Waals surface area contributed by atoms with Crippen LogP contribution >= 0.6 is 0 Å². The summed E-state index contributed by atoms with van der Waals surface area (Å²) in [6, 6.07) is 9.44. The van der Waals surface area contributed by atoms with Gasteiger partial charge >= 0.3 is 6.03 Å². The zero-order valence-electron chi connectivity index (χ0n) is 9.23. The molecule has 1 atom stereocenters. The second kappa shape index (κ2) is 5.39. The van der Waals surface area contributed by atoms with Crippen molar-refractivity contribution in [2.24, 2.45) is 11.7 Å². The monoisotopic (exact) mass is 206 g/mol. The van der Waals surface area contributed by atoms with Gasteiger partial charge < -0.3 is 11.1 Å². The first-order valence-electron chi connectivity index (χ1n) is 5.20. The van der Waals surface area contributed by atoms with E-state index in [1.54, 1.807) is 0 Å². The van der Waals surface area contributed by atoms with Crippen LogP contribution in [0, 0.1) is 5.92 Å². The van der Waals surface area contributed by atoms with Gasteiger partial charge in [0.15, 0.2) is 0 Å². The molecule has 0 radical (unpaired) electrons. The predicted molar refractivity (Wildman–Crippen MR) is 61.4 cm³/mol. The van der Waals surface area contributed by atoms with Gasteiger partial charge in [0.25, 0.3) is 0 Å². The number of urea groups is 1. The Labute approximate surface area is 90.7 Å². The summed E-state index contributed by atoms with van der Waals surface area (Å²) in [5, 5.41) is 2.77. The molecule has 3 nitrogen and oxygen atoms in total. The fourth-order valence-corrected chi connectivity index (χ4v) is 1.61. The van der Waals surface area contributed by atoms with Gasteiger partial charge in [-0.2, -0.15) is 0 Å². The van der Waals surface area contributed by atoms with E-state index in [1.807, 2.05) is 30.3 Å². The molecular weight excluding hydrogens is 188 g/mol. The van der Waals surface area contributed by atoms with Gasteiger partial charge in [-0.1, -0.05) is 44.2 Å². The molecule has 3 heteroatoms. The first-order chi connectivity index (χ1) is 7.09. The summed E-state index contributed by atoms with van der Waals surface area (Å²) < 4.78 is 0. The van der Waals surface area contributed by atoms with Crippen molar-refractivity contribution in [3.8, 4) is 0 Å². The van der Waals surface area contributed by atoms with E-state index in [0.29, 0.717) is 5.92 Å². The zero-order valence-corrected chi connectivity index (χ0v) is 9.23. The molecule has 0 fully saturated rings. The Morgan fingerprint density at radius 3 is 2.40 bits per heavy atom. The number of hydrogen-bond donors (Lipinski definition) is 2. The molecule has 1 aromatic carbocycles. The van der Waals surface area contributed by atoms with E-state index < -0.39 is 6.03 Å². The smallest absolute Gasteiger partial charge is 0.312 e. The lowest BCUT2D eigenvalue weighted by atomic mass is 9.97. The van der Waals surface area contributed by atoms with Gasteiger partial charge in [-0.3, -0.25) is 0 Å². The average molecular weight is 206 g/mol. The van der Waals surface area contributed by atoms with Crippen LogP contribution in [0.2, 0.25) is 0 Å². The van der Waals surface area contributed by atoms with E-state index in [4.69, 9.17) is 5.73 Å². The number of primary amides is 1. The van der Waals surface area contributed by atoms with Gasteiger partial charge in [-0.05, 0) is 17.9 Å². The lowest BCUT2D eigenvalue weighted by Crippen LogP contribution is -2.33. The Morgan fingerprint density at radius 2 is 1.93 bits per heavy atom. The van der Waals surface area contributed by atoms with E-state index in [2.05, 4.69) is 19.2 Å². The molecule has 0 aliphatic carbocycles. The molecule has 0 aliphatic rings. The summed E-state index contributed by atoms with van der Waals surface area (Å²) in [5.41, 5.74) is 6.26. The van der Waals surface area contributed by atoms with Crippen LogP contribution < -0.4 is 11.1 Å². The van der Waals surface area contributed by atoms with Crippen LogP contribution in [-0.4, -0.2) is 6.03 Å². The molecule has 0 aliphatic heterocycles. The predicted octanol–water partition coefficient (Wildman–Crippen LogP) is 2.44. The summed E-state index contributed by atoms with van der Waals surface area (Å²) >= 11 is 0. The molecule has 3 N–H and O–H groups in total. The number of amides is 2. The summed E-state index contributed by atoms with van der Waals surface area (Å²) in [5.74, 6) is 0.516. The second-order valence-electron chi connectivity index (χ2n) is 4.10. The number of rotatable bonds is 4. The van der Waals surface area contributed by atoms with Gasteiger partial charge in [0.2, 0.25) is 0 Å². The molecule has 1 aromatic rings. The maximum atomic E-state index is 10.9. The van der Waals surface area contributed by atoms with E-state index in [1.165, 1.54) is 0 Å². The fraction of sp³-hybridized carbons (Fsp3) is 0.417. The Kier molecular flexibility index (Phi) is 4.16. The minimum Gasteiger partial charge on any atom is -0.352 e. The lowest BCUT2D eigenvalue weighted by molar-refractivity contribution is 0.243. The van der Waals surface area contributed by atoms with Gasteiger partial charge in [0.05, 0.1) is 6.04 Å². The molecule has 0 spiro atoms. The number of benzene rings is 1. The molecule has 0 aromatic heterocycles. The van der Waals surface area contributed by atoms with E-state index in [-0.39, 0.29) is 6.04 Å². The van der Waals surface area contributed by atoms with Gasteiger partial charge in [0.1, 0.15) is 0 Å². The summed E-state index contributed by atoms with van der Waals surface area (Å²) in [4.78, 5) is 10.9. The highest BCUT2D eigenvalue weighted by molar-refractivity contribution is 5.72. The van der Waals surface area contributed by atoms with Crippen molar-refractivity contribution >= 4 is 6.03 Å². The zero-order chi connectivity index (χ0) is 11.3. The molecule has 0 heterocycles. The maximum absolute atomic E-state index is 10.9. The first-order valence-corrected chi connectivity index (χ1v) is 5.20. The van der Waals surface area contributed by atoms with Crippen molar-refractivity contribution in [3.05, 3.63) is 35.9 Å². The molecule has 15 heavy (non-hydrogen) atoms. The van der Waals surface area contributed by atoms with Crippen molar-refractivity contribution in [1.82, 2.24) is 5.32 Å². The van der Waals surface area contributed by atoms with Crippen LogP contribution in [0.3, 0.4) is 0 Å². The number of carbonyl (C=O) groups is 1. The van der Waals surface area contributed by atoms with E-state index in [9.17, 15) is 4.79 Å². The van der Waals surface area contributed by atoms with Crippen LogP contribution in [0.5, 0.6) is 0 Å². The third-order valence-electron chi connectivity index (χ3n) is 2.23. The minimum absolute atomic E-state index is 0.0173. The van der Waals surface area contributed by atoms with Crippen LogP contribution in [0.25, 0.3) is 0 Å². The average Bonchev–Trinajstić information content (AvgIpc) is 2.17. The lowest BCUT2D eigenvalue weighted by Gasteiger charge is -2.19. The molecule has 0 saturated carbocycles. The van der Waals surface area contributed by atoms with Crippen molar-refractivity contribution in [1.29, 1.82) is 0 Å². The van der Waals surface area contributed by atoms with Gasteiger partial charge in [0, 0.05) is 0 Å². The molecule has 1 rings (SSSR count). The largest absolute Gasteiger partial charge is 0.352 e. The SMILES string of the molecule is CC(C)CC(NC(N)=O)c1ccccc1. The molecule has 1 unspecified atom stereocenters. The summed E-state index contributed by atoms with van der Waals surface area (Å²) in [6.07, 6.45) is 0.896. The number of carbonyl (C=O) groups excluding carboxylic acids is 1. The van der Waals surface area contributed by atoms with Crippen molar-refractivity contribution in [3.63, 3.8) is 0 Å². The van der Waals surface area contributed by atoms with Gasteiger partial charge in [-0.15, -0.1) is 0 Å². The standard InChI is InChI=1S/C12H18N2O/c1-9(2)8-11(14-12(13)15)10-6-4-3-5-7-10/h3-7,9,11H,8H2,1-2H3,(H3,13,14,15). The Hall–Kier alpha value is -1.51. The van der Waals surface area contributed by atoms with E-state index in [0.717, 1.165) is 12.0 Å². The molecule has 82 valence electrons. The summed E-state index contributed by atoms with van der Waals surface area (Å²) in [6.45, 7) is 4.25. The van der Waals surface area contributed by atoms with Crippen molar-refractivity contribution in [2.45, 2.75) is 26.3 Å². The normalized spacial score (nSPS) is 12.5. The third-order valence-corrected chi connectivity index (χ3v) is 2.23. The molecule has 2 amide bonds. The second-order valence-corrected chi connectivity index (χ2v) is 4.10. The molecule has 0 bridgehead atoms. The highest BCUT2D eigenvalue weighted by atomic mass is 16.2. The van der Waals surface area contributed by atoms with E-state index >= 15 is 0 Å². The van der Waals surface area contributed by atoms with Crippen LogP contribution in [0.1, 0.15) is 31.9 Å². The van der Waals surface area contributed by atoms with Crippen LogP contribution in [0.15, 0.2) is 30.3 Å². The third kappa shape index (κ3) is 4.02. The maximum Gasteiger partial charge on any atom is 0.312 e. The minimum atomic E-state index is -0.468. The molecular formula is C12H18N2O. The number of nitrogens with two attached hydrogens (primary N) is 1. The van der Waals surface area contributed by atoms with Gasteiger partial charge in [-0.25, -0.2) is 4.79 Å². The Morgan fingerprint density at radius 1 is 1.33 bits per heavy atom. The molecule has 0 saturated heterocycles. The van der Waals surface area contributed by atoms with Crippen molar-refractivity contribution < 1.29 is 4.79 Å². The quantitative estimate of drug-likeness (QED) is 0.781. The van der Waals surface area contributed by atoms with Crippen LogP contribution in [0.4, 0.5) is 4.79 Å². The first kappa shape index (κ1) is 11.6. The number of nitrogens with one attached hydrogen (secondary N) is 1. The highest BCUT2D eigenvalue weighted by Crippen LogP contribution is 2.20. The highest BCUT2D eigenvalue weighted by Gasteiger charge is 2.13. The Balaban J connectivity index is 2.76. The fourth-order valence-electron chi connectivity index (χ4n) is 1.61. The Bertz CT molecular complexity index is 309. The topological polar surface area (TPSA) is 55.1 Å². The number of hydrogen-bond acceptors (Lipinski definition) is 1. The van der Waals surface area contributed by atoms with Crippen molar-refractivity contribution in [2.75, 3.05) is 0 Å². The van der Waals surface area contributed by atoms with Crippen LogP contribution in [-0.2, 0) is 0 Å².